The normalized spacial score (nSPS) is 39.6. The predicted molar refractivity (Wildman–Crippen MR) is 102 cm³/mol. The third-order valence-electron chi connectivity index (χ3n) is 7.82. The Morgan fingerprint density at radius 1 is 0.870 bits per heavy atom. The molecular weight excluding hydrogens is 279 g/mol. The van der Waals surface area contributed by atoms with Crippen LogP contribution in [0.15, 0.2) is 0 Å². The highest BCUT2D eigenvalue weighted by atomic mass is 16.5. The second-order valence-corrected chi connectivity index (χ2v) is 9.04. The smallest absolute Gasteiger partial charge is 0.101 e. The van der Waals surface area contributed by atoms with Crippen molar-refractivity contribution in [2.45, 2.75) is 83.4 Å². The van der Waals surface area contributed by atoms with Crippen LogP contribution in [-0.2, 0) is 4.74 Å². The van der Waals surface area contributed by atoms with Gasteiger partial charge < -0.3 is 4.74 Å². The number of hydrogen-bond acceptors (Lipinski definition) is 1. The third-order valence-corrected chi connectivity index (χ3v) is 7.82. The summed E-state index contributed by atoms with van der Waals surface area (Å²) in [5.74, 6) is 5.97. The molecule has 3 saturated carbocycles. The van der Waals surface area contributed by atoms with Crippen molar-refractivity contribution in [2.75, 3.05) is 13.7 Å². The maximum Gasteiger partial charge on any atom is 0.101 e. The van der Waals surface area contributed by atoms with Crippen LogP contribution in [0.2, 0.25) is 6.32 Å². The Morgan fingerprint density at radius 3 is 2.30 bits per heavy atom. The number of ether oxygens (including phenoxy) is 1. The minimum atomic E-state index is 0.847. The Hall–Kier alpha value is 0.0249. The summed E-state index contributed by atoms with van der Waals surface area (Å²) in [6.07, 6.45) is 19.5. The van der Waals surface area contributed by atoms with E-state index in [0.29, 0.717) is 0 Å². The van der Waals surface area contributed by atoms with E-state index in [1.165, 1.54) is 83.4 Å². The van der Waals surface area contributed by atoms with Gasteiger partial charge in [0.25, 0.3) is 0 Å². The minimum absolute atomic E-state index is 0.847. The van der Waals surface area contributed by atoms with Crippen LogP contribution < -0.4 is 0 Å². The van der Waals surface area contributed by atoms with Gasteiger partial charge in [-0.1, -0.05) is 57.7 Å². The zero-order chi connectivity index (χ0) is 16.1. The molecule has 3 fully saturated rings. The summed E-state index contributed by atoms with van der Waals surface area (Å²) in [5.41, 5.74) is 0. The molecule has 23 heavy (non-hydrogen) atoms. The second kappa shape index (κ2) is 8.93. The van der Waals surface area contributed by atoms with Gasteiger partial charge in [0.15, 0.2) is 0 Å². The molecule has 2 heteroatoms. The van der Waals surface area contributed by atoms with E-state index in [0.717, 1.165) is 42.1 Å². The minimum Gasteiger partial charge on any atom is -0.384 e. The summed E-state index contributed by atoms with van der Waals surface area (Å²) >= 11 is 0. The lowest BCUT2D eigenvalue weighted by Crippen LogP contribution is -2.34. The summed E-state index contributed by atoms with van der Waals surface area (Å²) in [7, 11) is 4.35. The van der Waals surface area contributed by atoms with Crippen LogP contribution in [0.4, 0.5) is 0 Å². The molecule has 0 radical (unpaired) electrons. The molecule has 0 spiro atoms. The van der Waals surface area contributed by atoms with Crippen molar-refractivity contribution in [3.8, 4) is 0 Å². The molecule has 5 unspecified atom stereocenters. The maximum absolute atomic E-state index is 5.70. The fourth-order valence-electron chi connectivity index (χ4n) is 6.47. The van der Waals surface area contributed by atoms with Gasteiger partial charge in [0.05, 0.1) is 0 Å². The average Bonchev–Trinajstić information content (AvgIpc) is 2.61. The molecular formula is C21H39BO. The Balaban J connectivity index is 1.59. The zero-order valence-electron chi connectivity index (χ0n) is 15.8. The van der Waals surface area contributed by atoms with E-state index in [2.05, 4.69) is 7.85 Å². The standard InChI is InChI=1S/C21H39BO/c1-23-15-21(13-18-8-4-5-9-20(18)14-22)19-11-10-16-6-2-3-7-17(16)12-19/h16-21H,2-15,22H2,1H3/t16?,17?,18?,19-,20?,21?/m0/s1. The first-order valence-corrected chi connectivity index (χ1v) is 10.8. The van der Waals surface area contributed by atoms with Gasteiger partial charge in [0, 0.05) is 13.7 Å². The monoisotopic (exact) mass is 318 g/mol. The van der Waals surface area contributed by atoms with Gasteiger partial charge in [-0.25, -0.2) is 0 Å². The highest BCUT2D eigenvalue weighted by molar-refractivity contribution is 6.08. The molecule has 0 saturated heterocycles. The lowest BCUT2D eigenvalue weighted by atomic mass is 9.62. The Kier molecular flexibility index (Phi) is 6.92. The van der Waals surface area contributed by atoms with E-state index in [-0.39, 0.29) is 0 Å². The lowest BCUT2D eigenvalue weighted by molar-refractivity contribution is 0.0380. The van der Waals surface area contributed by atoms with Gasteiger partial charge in [0.2, 0.25) is 0 Å². The van der Waals surface area contributed by atoms with Crippen molar-refractivity contribution >= 4 is 7.85 Å². The van der Waals surface area contributed by atoms with E-state index in [4.69, 9.17) is 4.74 Å². The summed E-state index contributed by atoms with van der Waals surface area (Å²) in [6.45, 7) is 1.02. The third kappa shape index (κ3) is 4.56. The van der Waals surface area contributed by atoms with Gasteiger partial charge in [-0.15, -0.1) is 0 Å². The molecule has 3 aliphatic rings. The Labute approximate surface area is 145 Å². The highest BCUT2D eigenvalue weighted by Gasteiger charge is 2.37. The topological polar surface area (TPSA) is 9.23 Å². The predicted octanol–water partition coefficient (Wildman–Crippen LogP) is 5.10. The van der Waals surface area contributed by atoms with E-state index < -0.39 is 0 Å². The van der Waals surface area contributed by atoms with Crippen LogP contribution in [0.5, 0.6) is 0 Å². The molecule has 0 aromatic heterocycles. The average molecular weight is 318 g/mol. The first-order chi connectivity index (χ1) is 11.3. The van der Waals surface area contributed by atoms with Gasteiger partial charge in [-0.3, -0.25) is 0 Å². The van der Waals surface area contributed by atoms with Crippen molar-refractivity contribution in [1.29, 1.82) is 0 Å². The van der Waals surface area contributed by atoms with Crippen molar-refractivity contribution in [2.24, 2.45) is 35.5 Å². The summed E-state index contributed by atoms with van der Waals surface area (Å²) in [6, 6.07) is 0. The number of methoxy groups -OCH3 is 1. The van der Waals surface area contributed by atoms with Crippen LogP contribution in [0.25, 0.3) is 0 Å². The van der Waals surface area contributed by atoms with E-state index >= 15 is 0 Å². The van der Waals surface area contributed by atoms with Crippen LogP contribution in [0.1, 0.15) is 77.0 Å². The zero-order valence-corrected chi connectivity index (χ0v) is 15.8. The molecule has 0 heterocycles. The van der Waals surface area contributed by atoms with Crippen LogP contribution >= 0.6 is 0 Å². The molecule has 0 N–H and O–H groups in total. The number of rotatable bonds is 6. The molecule has 0 aromatic rings. The van der Waals surface area contributed by atoms with Crippen LogP contribution in [-0.4, -0.2) is 21.6 Å². The second-order valence-electron chi connectivity index (χ2n) is 9.04. The van der Waals surface area contributed by atoms with Crippen molar-refractivity contribution in [3.05, 3.63) is 0 Å². The van der Waals surface area contributed by atoms with Gasteiger partial charge >= 0.3 is 0 Å². The Morgan fingerprint density at radius 2 is 1.57 bits per heavy atom. The molecule has 0 aromatic carbocycles. The van der Waals surface area contributed by atoms with Gasteiger partial charge in [-0.05, 0) is 61.2 Å². The van der Waals surface area contributed by atoms with E-state index in [9.17, 15) is 0 Å². The maximum atomic E-state index is 5.70. The van der Waals surface area contributed by atoms with E-state index in [1.807, 2.05) is 7.11 Å². The highest BCUT2D eigenvalue weighted by Crippen LogP contribution is 2.47. The molecule has 3 rings (SSSR count). The van der Waals surface area contributed by atoms with Crippen LogP contribution in [0.3, 0.4) is 0 Å². The number of fused-ring (bicyclic) bond motifs is 1. The molecule has 0 bridgehead atoms. The molecule has 3 aliphatic carbocycles. The van der Waals surface area contributed by atoms with Crippen molar-refractivity contribution < 1.29 is 4.74 Å². The molecule has 0 amide bonds. The lowest BCUT2D eigenvalue weighted by Gasteiger charge is -2.43. The number of hydrogen-bond donors (Lipinski definition) is 0. The fraction of sp³-hybridized carbons (Fsp3) is 1.00. The molecule has 6 atom stereocenters. The SMILES string of the molecule is BCC1CCCCC1CC(COC)[C@H]1CCC2CCCCC2C1. The quantitative estimate of drug-likeness (QED) is 0.619. The van der Waals surface area contributed by atoms with Crippen molar-refractivity contribution in [3.63, 3.8) is 0 Å². The molecule has 0 aliphatic heterocycles. The molecule has 132 valence electrons. The van der Waals surface area contributed by atoms with Gasteiger partial charge in [0.1, 0.15) is 7.85 Å². The first kappa shape index (κ1) is 17.8. The van der Waals surface area contributed by atoms with E-state index in [1.54, 1.807) is 0 Å². The van der Waals surface area contributed by atoms with Crippen molar-refractivity contribution in [1.82, 2.24) is 0 Å². The van der Waals surface area contributed by atoms with Gasteiger partial charge in [-0.2, -0.15) is 0 Å². The largest absolute Gasteiger partial charge is 0.384 e. The summed E-state index contributed by atoms with van der Waals surface area (Å²) < 4.78 is 5.70. The first-order valence-electron chi connectivity index (χ1n) is 10.8. The Bertz CT molecular complexity index is 345. The fourth-order valence-corrected chi connectivity index (χ4v) is 6.47. The molecule has 1 nitrogen and oxygen atoms in total. The van der Waals surface area contributed by atoms with Crippen LogP contribution in [0, 0.1) is 35.5 Å². The summed E-state index contributed by atoms with van der Waals surface area (Å²) in [4.78, 5) is 0. The summed E-state index contributed by atoms with van der Waals surface area (Å²) in [5, 5.41) is 0.